The van der Waals surface area contributed by atoms with E-state index in [9.17, 15) is 22.8 Å². The summed E-state index contributed by atoms with van der Waals surface area (Å²) in [5, 5.41) is 2.76. The third-order valence-corrected chi connectivity index (χ3v) is 6.24. The molecule has 2 N–H and O–H groups in total. The highest BCUT2D eigenvalue weighted by molar-refractivity contribution is 7.90. The molecule has 156 valence electrons. The Morgan fingerprint density at radius 1 is 1.21 bits per heavy atom. The maximum Gasteiger partial charge on any atom is 0.263 e. The van der Waals surface area contributed by atoms with Crippen LogP contribution >= 0.6 is 0 Å². The van der Waals surface area contributed by atoms with Crippen molar-refractivity contribution >= 4 is 33.6 Å². The molecule has 1 aromatic rings. The number of sulfonamides is 1. The average molecular weight is 420 g/mol. The molecule has 2 aliphatic heterocycles. The number of nitrogens with one attached hydrogen (secondary N) is 2. The summed E-state index contributed by atoms with van der Waals surface area (Å²) < 4.78 is 26.9. The molecule has 0 saturated carbocycles. The van der Waals surface area contributed by atoms with Crippen LogP contribution in [0.5, 0.6) is 0 Å². The molecule has 10 heteroatoms. The zero-order chi connectivity index (χ0) is 21.2. The van der Waals surface area contributed by atoms with Crippen molar-refractivity contribution in [3.8, 4) is 0 Å². The maximum absolute atomic E-state index is 12.6. The van der Waals surface area contributed by atoms with Crippen molar-refractivity contribution in [3.63, 3.8) is 0 Å². The average Bonchev–Trinajstić information content (AvgIpc) is 3.12. The lowest BCUT2D eigenvalue weighted by molar-refractivity contribution is -0.138. The molecule has 29 heavy (non-hydrogen) atoms. The molecule has 0 unspecified atom stereocenters. The van der Waals surface area contributed by atoms with E-state index in [0.29, 0.717) is 12.0 Å². The number of carbonyl (C=O) groups is 3. The smallest absolute Gasteiger partial charge is 0.263 e. The fourth-order valence-electron chi connectivity index (χ4n) is 3.30. The molecular formula is C19H24N4O5S. The third kappa shape index (κ3) is 4.47. The lowest BCUT2D eigenvalue weighted by Gasteiger charge is -2.18. The van der Waals surface area contributed by atoms with E-state index in [4.69, 9.17) is 0 Å². The number of amidine groups is 1. The van der Waals surface area contributed by atoms with Gasteiger partial charge >= 0.3 is 0 Å². The molecule has 0 spiro atoms. The summed E-state index contributed by atoms with van der Waals surface area (Å²) in [6.07, 6.45) is 0.936. The molecule has 1 saturated heterocycles. The van der Waals surface area contributed by atoms with Gasteiger partial charge in [0, 0.05) is 31.5 Å². The number of nitrogens with zero attached hydrogens (tertiary/aromatic N) is 2. The zero-order valence-electron chi connectivity index (χ0n) is 16.3. The highest BCUT2D eigenvalue weighted by atomic mass is 32.2. The first-order chi connectivity index (χ1) is 13.7. The predicted molar refractivity (Wildman–Crippen MR) is 106 cm³/mol. The van der Waals surface area contributed by atoms with Crippen molar-refractivity contribution in [2.75, 3.05) is 13.1 Å². The van der Waals surface area contributed by atoms with Gasteiger partial charge in [0.1, 0.15) is 11.9 Å². The van der Waals surface area contributed by atoms with Gasteiger partial charge in [-0.1, -0.05) is 26.0 Å². The zero-order valence-corrected chi connectivity index (χ0v) is 17.2. The first-order valence-electron chi connectivity index (χ1n) is 9.51. The molecule has 1 aromatic carbocycles. The second-order valence-corrected chi connectivity index (χ2v) is 9.00. The van der Waals surface area contributed by atoms with Gasteiger partial charge in [0.2, 0.25) is 17.7 Å². The number of likely N-dealkylation sites (tertiary alicyclic amines) is 1. The summed E-state index contributed by atoms with van der Waals surface area (Å²) in [6, 6.07) is 5.69. The summed E-state index contributed by atoms with van der Waals surface area (Å²) in [6.45, 7) is 4.20. The lowest BCUT2D eigenvalue weighted by Crippen LogP contribution is -2.40. The summed E-state index contributed by atoms with van der Waals surface area (Å²) in [5.74, 6) is -0.709. The number of imide groups is 1. The molecule has 9 nitrogen and oxygen atoms in total. The Bertz CT molecular complexity index is 955. The van der Waals surface area contributed by atoms with Crippen LogP contribution in [0.1, 0.15) is 38.7 Å². The second kappa shape index (κ2) is 8.32. The van der Waals surface area contributed by atoms with Crippen LogP contribution in [0.3, 0.4) is 0 Å². The molecule has 1 atom stereocenters. The van der Waals surface area contributed by atoms with Crippen LogP contribution in [0, 0.1) is 5.92 Å². The Hall–Kier alpha value is -2.75. The largest absolute Gasteiger partial charge is 0.354 e. The van der Waals surface area contributed by atoms with E-state index in [2.05, 4.69) is 15.0 Å². The van der Waals surface area contributed by atoms with Crippen molar-refractivity contribution in [1.29, 1.82) is 0 Å². The van der Waals surface area contributed by atoms with E-state index in [1.165, 1.54) is 11.0 Å². The molecular weight excluding hydrogens is 396 g/mol. The van der Waals surface area contributed by atoms with Crippen LogP contribution in [-0.2, 0) is 24.4 Å². The van der Waals surface area contributed by atoms with Crippen molar-refractivity contribution in [2.24, 2.45) is 10.9 Å². The van der Waals surface area contributed by atoms with E-state index in [0.717, 1.165) is 0 Å². The highest BCUT2D eigenvalue weighted by Gasteiger charge is 2.32. The fourth-order valence-corrected chi connectivity index (χ4v) is 4.54. The molecule has 0 aromatic heterocycles. The lowest BCUT2D eigenvalue weighted by atomic mass is 10.0. The Labute approximate surface area is 169 Å². The number of fused-ring (bicyclic) bond motifs is 1. The van der Waals surface area contributed by atoms with E-state index in [1.54, 1.807) is 18.2 Å². The third-order valence-electron chi connectivity index (χ3n) is 4.84. The number of benzene rings is 1. The minimum absolute atomic E-state index is 0.140. The first-order valence-corrected chi connectivity index (χ1v) is 11.0. The van der Waals surface area contributed by atoms with Gasteiger partial charge < -0.3 is 5.32 Å². The minimum Gasteiger partial charge on any atom is -0.354 e. The number of aliphatic imine (C=N–C) groups is 1. The Morgan fingerprint density at radius 3 is 2.52 bits per heavy atom. The Kier molecular flexibility index (Phi) is 6.02. The van der Waals surface area contributed by atoms with Gasteiger partial charge in [-0.2, -0.15) is 0 Å². The number of rotatable bonds is 7. The second-order valence-electron chi connectivity index (χ2n) is 7.35. The van der Waals surface area contributed by atoms with Crippen LogP contribution in [0.2, 0.25) is 0 Å². The summed E-state index contributed by atoms with van der Waals surface area (Å²) in [7, 11) is -3.67. The van der Waals surface area contributed by atoms with Crippen LogP contribution < -0.4 is 10.0 Å². The highest BCUT2D eigenvalue weighted by Crippen LogP contribution is 2.23. The molecule has 0 aliphatic carbocycles. The van der Waals surface area contributed by atoms with E-state index in [1.807, 2.05) is 13.8 Å². The number of amides is 3. The van der Waals surface area contributed by atoms with Gasteiger partial charge in [0.25, 0.3) is 10.0 Å². The number of hydrogen-bond acceptors (Lipinski definition) is 6. The maximum atomic E-state index is 12.6. The normalized spacial score (nSPS) is 20.1. The first kappa shape index (κ1) is 21.0. The fraction of sp³-hybridized carbons (Fsp3) is 0.474. The van der Waals surface area contributed by atoms with E-state index in [-0.39, 0.29) is 60.3 Å². The molecule has 2 heterocycles. The number of carbonyl (C=O) groups excluding carboxylic acids is 3. The number of hydrogen-bond donors (Lipinski definition) is 2. The minimum atomic E-state index is -3.67. The SMILES string of the molecule is CC(C)[C@H](N=C1NS(=O)(=O)c2ccccc21)C(=O)NCCCN1C(=O)CCC1=O. The van der Waals surface area contributed by atoms with Gasteiger partial charge in [-0.25, -0.2) is 8.42 Å². The van der Waals surface area contributed by atoms with Gasteiger partial charge in [0.15, 0.2) is 0 Å². The Balaban J connectivity index is 1.64. The van der Waals surface area contributed by atoms with Crippen LogP contribution in [-0.4, -0.2) is 56.0 Å². The van der Waals surface area contributed by atoms with Crippen molar-refractivity contribution < 1.29 is 22.8 Å². The van der Waals surface area contributed by atoms with Gasteiger partial charge in [-0.15, -0.1) is 0 Å². The standard InChI is InChI=1S/C19H24N4O5S/c1-12(2)17(19(26)20-10-5-11-23-15(24)8-9-16(23)25)21-18-13-6-3-4-7-14(13)29(27,28)22-18/h3-4,6-7,12,17H,5,8-11H2,1-2H3,(H,20,26)(H,21,22)/t17-/m0/s1. The van der Waals surface area contributed by atoms with Gasteiger partial charge in [-0.3, -0.25) is 29.0 Å². The summed E-state index contributed by atoms with van der Waals surface area (Å²) in [5.41, 5.74) is 0.442. The molecule has 3 amide bonds. The molecule has 0 radical (unpaired) electrons. The summed E-state index contributed by atoms with van der Waals surface area (Å²) in [4.78, 5) is 41.6. The van der Waals surface area contributed by atoms with Crippen molar-refractivity contribution in [3.05, 3.63) is 29.8 Å². The van der Waals surface area contributed by atoms with Crippen LogP contribution in [0.25, 0.3) is 0 Å². The van der Waals surface area contributed by atoms with Crippen molar-refractivity contribution in [1.82, 2.24) is 14.9 Å². The molecule has 1 fully saturated rings. The topological polar surface area (TPSA) is 125 Å². The monoisotopic (exact) mass is 420 g/mol. The predicted octanol–water partition coefficient (Wildman–Crippen LogP) is 0.405. The van der Waals surface area contributed by atoms with Gasteiger partial charge in [0.05, 0.1) is 4.90 Å². The van der Waals surface area contributed by atoms with Crippen molar-refractivity contribution in [2.45, 2.75) is 44.0 Å². The molecule has 0 bridgehead atoms. The van der Waals surface area contributed by atoms with E-state index >= 15 is 0 Å². The Morgan fingerprint density at radius 2 is 1.86 bits per heavy atom. The molecule has 2 aliphatic rings. The van der Waals surface area contributed by atoms with Crippen LogP contribution in [0.4, 0.5) is 0 Å². The van der Waals surface area contributed by atoms with E-state index < -0.39 is 16.1 Å². The summed E-state index contributed by atoms with van der Waals surface area (Å²) >= 11 is 0. The van der Waals surface area contributed by atoms with Crippen LogP contribution in [0.15, 0.2) is 34.2 Å². The molecule has 3 rings (SSSR count). The quantitative estimate of drug-likeness (QED) is 0.488. The van der Waals surface area contributed by atoms with Gasteiger partial charge in [-0.05, 0) is 24.5 Å².